The first-order chi connectivity index (χ1) is 7.22. The predicted molar refractivity (Wildman–Crippen MR) is 52.7 cm³/mol. The van der Waals surface area contributed by atoms with Gasteiger partial charge in [0.2, 0.25) is 5.82 Å². The van der Waals surface area contributed by atoms with Crippen molar-refractivity contribution in [2.75, 3.05) is 6.61 Å². The largest absolute Gasteiger partial charge is 0.460 e. The highest BCUT2D eigenvalue weighted by Crippen LogP contribution is 2.03. The zero-order valence-corrected chi connectivity index (χ0v) is 8.03. The summed E-state index contributed by atoms with van der Waals surface area (Å²) in [7, 11) is 0. The Labute approximate surface area is 84.3 Å². The van der Waals surface area contributed by atoms with Gasteiger partial charge in [-0.05, 0) is 13.0 Å². The van der Waals surface area contributed by atoms with E-state index in [0.717, 1.165) is 0 Å². The molecule has 0 atom stereocenters. The van der Waals surface area contributed by atoms with Crippen LogP contribution in [0, 0.1) is 0 Å². The Balaban J connectivity index is 2.54. The van der Waals surface area contributed by atoms with Gasteiger partial charge in [0.15, 0.2) is 0 Å². The highest BCUT2D eigenvalue weighted by Gasteiger charge is 2.12. The second-order valence-corrected chi connectivity index (χ2v) is 2.87. The van der Waals surface area contributed by atoms with Gasteiger partial charge in [-0.15, -0.1) is 0 Å². The molecule has 0 aliphatic rings. The lowest BCUT2D eigenvalue weighted by molar-refractivity contribution is 0.0512. The van der Waals surface area contributed by atoms with E-state index in [1.54, 1.807) is 19.2 Å². The number of nitrogens with zero attached hydrogens (tertiary/aromatic N) is 1. The molecule has 0 amide bonds. The molecule has 0 aliphatic carbocycles. The highest BCUT2D eigenvalue weighted by molar-refractivity contribution is 5.87. The fourth-order valence-electron chi connectivity index (χ4n) is 1.25. The van der Waals surface area contributed by atoms with Gasteiger partial charge in [0.05, 0.1) is 12.0 Å². The maximum Gasteiger partial charge on any atom is 0.374 e. The maximum atomic E-state index is 11.4. The molecule has 6 heteroatoms. The molecule has 0 aliphatic heterocycles. The molecule has 0 aromatic carbocycles. The average Bonchev–Trinajstić information content (AvgIpc) is 2.66. The number of carbonyl (C=O) groups excluding carboxylic acids is 1. The normalized spacial score (nSPS) is 10.5. The van der Waals surface area contributed by atoms with Gasteiger partial charge in [-0.1, -0.05) is 0 Å². The van der Waals surface area contributed by atoms with Crippen molar-refractivity contribution in [3.8, 4) is 0 Å². The maximum absolute atomic E-state index is 11.4. The second-order valence-electron chi connectivity index (χ2n) is 2.87. The van der Waals surface area contributed by atoms with Crippen molar-refractivity contribution in [2.24, 2.45) is 0 Å². The van der Waals surface area contributed by atoms with E-state index in [4.69, 9.17) is 4.74 Å². The van der Waals surface area contributed by atoms with Crippen LogP contribution in [0.15, 0.2) is 17.1 Å². The number of H-pyrrole nitrogens is 2. The Morgan fingerprint density at radius 1 is 1.60 bits per heavy atom. The Morgan fingerprint density at radius 2 is 2.40 bits per heavy atom. The quantitative estimate of drug-likeness (QED) is 0.699. The molecule has 0 radical (unpaired) electrons. The molecule has 0 unspecified atom stereocenters. The van der Waals surface area contributed by atoms with Gasteiger partial charge in [-0.25, -0.2) is 9.78 Å². The van der Waals surface area contributed by atoms with Crippen LogP contribution >= 0.6 is 0 Å². The molecular formula is C9H9N3O3. The number of nitrogens with one attached hydrogen (secondary N) is 2. The molecule has 2 rings (SSSR count). The SMILES string of the molecule is CCOC(=O)c1nc2[nH]ccc2c(=O)[nH]1. The lowest BCUT2D eigenvalue weighted by Gasteiger charge is -1.99. The van der Waals surface area contributed by atoms with E-state index in [0.29, 0.717) is 11.0 Å². The van der Waals surface area contributed by atoms with E-state index in [1.807, 2.05) is 0 Å². The minimum Gasteiger partial charge on any atom is -0.460 e. The number of aromatic nitrogens is 3. The van der Waals surface area contributed by atoms with Crippen LogP contribution in [0.25, 0.3) is 11.0 Å². The number of esters is 1. The zero-order chi connectivity index (χ0) is 10.8. The van der Waals surface area contributed by atoms with Gasteiger partial charge < -0.3 is 14.7 Å². The number of hydrogen-bond donors (Lipinski definition) is 2. The van der Waals surface area contributed by atoms with E-state index < -0.39 is 5.97 Å². The molecule has 78 valence electrons. The monoisotopic (exact) mass is 207 g/mol. The van der Waals surface area contributed by atoms with Crippen LogP contribution in [0.5, 0.6) is 0 Å². The first-order valence-electron chi connectivity index (χ1n) is 4.47. The third kappa shape index (κ3) is 1.61. The molecule has 6 nitrogen and oxygen atoms in total. The minimum absolute atomic E-state index is 0.0863. The number of hydrogen-bond acceptors (Lipinski definition) is 4. The topological polar surface area (TPSA) is 87.8 Å². The van der Waals surface area contributed by atoms with Crippen molar-refractivity contribution in [2.45, 2.75) is 6.92 Å². The molecular weight excluding hydrogens is 198 g/mol. The first-order valence-corrected chi connectivity index (χ1v) is 4.47. The molecule has 2 aromatic heterocycles. The van der Waals surface area contributed by atoms with E-state index in [2.05, 4.69) is 15.0 Å². The minimum atomic E-state index is -0.633. The van der Waals surface area contributed by atoms with Gasteiger partial charge in [0.25, 0.3) is 5.56 Å². The molecule has 2 N–H and O–H groups in total. The standard InChI is InChI=1S/C9H9N3O3/c1-2-15-9(14)7-11-6-5(3-4-10-6)8(13)12-7/h3-4H,2H2,1H3,(H2,10,11,12,13). The highest BCUT2D eigenvalue weighted by atomic mass is 16.5. The number of ether oxygens (including phenoxy) is 1. The van der Waals surface area contributed by atoms with Crippen molar-refractivity contribution in [1.82, 2.24) is 15.0 Å². The van der Waals surface area contributed by atoms with Gasteiger partial charge >= 0.3 is 5.97 Å². The van der Waals surface area contributed by atoms with Crippen LogP contribution < -0.4 is 5.56 Å². The summed E-state index contributed by atoms with van der Waals surface area (Å²) in [6, 6.07) is 1.59. The Kier molecular flexibility index (Phi) is 2.24. The lowest BCUT2D eigenvalue weighted by atomic mass is 10.4. The van der Waals surface area contributed by atoms with Crippen LogP contribution in [0.4, 0.5) is 0 Å². The van der Waals surface area contributed by atoms with Gasteiger partial charge in [0, 0.05) is 6.20 Å². The van der Waals surface area contributed by atoms with Crippen LogP contribution in [0.1, 0.15) is 17.5 Å². The van der Waals surface area contributed by atoms with Gasteiger partial charge in [-0.3, -0.25) is 4.79 Å². The number of rotatable bonds is 2. The van der Waals surface area contributed by atoms with Crippen LogP contribution in [-0.4, -0.2) is 27.5 Å². The molecule has 0 bridgehead atoms. The summed E-state index contributed by atoms with van der Waals surface area (Å²) in [5.74, 6) is -0.720. The molecule has 0 spiro atoms. The van der Waals surface area contributed by atoms with Gasteiger partial charge in [0.1, 0.15) is 5.65 Å². The second kappa shape index (κ2) is 3.56. The van der Waals surface area contributed by atoms with E-state index in [1.165, 1.54) is 0 Å². The summed E-state index contributed by atoms with van der Waals surface area (Å²) >= 11 is 0. The summed E-state index contributed by atoms with van der Waals surface area (Å²) in [5, 5.41) is 0.419. The zero-order valence-electron chi connectivity index (χ0n) is 8.03. The summed E-state index contributed by atoms with van der Waals surface area (Å²) in [5.41, 5.74) is 0.0195. The molecule has 0 saturated heterocycles. The Hall–Kier alpha value is -2.11. The summed E-state index contributed by atoms with van der Waals surface area (Å²) < 4.78 is 4.72. The summed E-state index contributed by atoms with van der Waals surface area (Å²) in [6.07, 6.45) is 1.59. The van der Waals surface area contributed by atoms with Crippen molar-refractivity contribution in [1.29, 1.82) is 0 Å². The first kappa shape index (κ1) is 9.45. The molecule has 2 heterocycles. The van der Waals surface area contributed by atoms with E-state index in [9.17, 15) is 9.59 Å². The van der Waals surface area contributed by atoms with Crippen molar-refractivity contribution in [3.05, 3.63) is 28.4 Å². The molecule has 0 saturated carbocycles. The van der Waals surface area contributed by atoms with Crippen molar-refractivity contribution in [3.63, 3.8) is 0 Å². The number of fused-ring (bicyclic) bond motifs is 1. The van der Waals surface area contributed by atoms with Gasteiger partial charge in [-0.2, -0.15) is 0 Å². The molecule has 15 heavy (non-hydrogen) atoms. The van der Waals surface area contributed by atoms with Crippen molar-refractivity contribution >= 4 is 17.0 Å². The Bertz CT molecular complexity index is 555. The lowest BCUT2D eigenvalue weighted by Crippen LogP contribution is -2.17. The van der Waals surface area contributed by atoms with E-state index >= 15 is 0 Å². The average molecular weight is 207 g/mol. The fourth-order valence-corrected chi connectivity index (χ4v) is 1.25. The number of carbonyl (C=O) groups is 1. The predicted octanol–water partition coefficient (Wildman–Crippen LogP) is 0.428. The smallest absolute Gasteiger partial charge is 0.374 e. The summed E-state index contributed by atoms with van der Waals surface area (Å²) in [4.78, 5) is 31.8. The molecule has 2 aromatic rings. The van der Waals surface area contributed by atoms with E-state index in [-0.39, 0.29) is 18.0 Å². The van der Waals surface area contributed by atoms with Crippen molar-refractivity contribution < 1.29 is 9.53 Å². The molecule has 0 fully saturated rings. The number of aromatic amines is 2. The van der Waals surface area contributed by atoms with Crippen LogP contribution in [-0.2, 0) is 4.74 Å². The van der Waals surface area contributed by atoms with Crippen LogP contribution in [0.3, 0.4) is 0 Å². The fraction of sp³-hybridized carbons (Fsp3) is 0.222. The third-order valence-electron chi connectivity index (χ3n) is 1.89. The third-order valence-corrected chi connectivity index (χ3v) is 1.89. The summed E-state index contributed by atoms with van der Waals surface area (Å²) in [6.45, 7) is 1.93. The van der Waals surface area contributed by atoms with Crippen LogP contribution in [0.2, 0.25) is 0 Å². The Morgan fingerprint density at radius 3 is 3.13 bits per heavy atom.